The van der Waals surface area contributed by atoms with Crippen LogP contribution in [0.15, 0.2) is 24.3 Å². The van der Waals surface area contributed by atoms with Crippen LogP contribution in [0.3, 0.4) is 0 Å². The van der Waals surface area contributed by atoms with E-state index in [1.165, 1.54) is 25.0 Å². The second kappa shape index (κ2) is 8.62. The molecule has 1 aromatic rings. The van der Waals surface area contributed by atoms with Gasteiger partial charge in [0.05, 0.1) is 5.56 Å². The maximum Gasteiger partial charge on any atom is 0.338 e. The topological polar surface area (TPSA) is 46.5 Å². The molecule has 0 radical (unpaired) electrons. The Hall–Kier alpha value is -1.51. The molecule has 0 bridgehead atoms. The molecule has 1 rings (SSSR count). The van der Waals surface area contributed by atoms with Gasteiger partial charge in [-0.2, -0.15) is 0 Å². The first-order chi connectivity index (χ1) is 9.62. The number of phenolic OH excluding ortho intramolecular Hbond substituents is 1. The first kappa shape index (κ1) is 16.5. The smallest absolute Gasteiger partial charge is 0.338 e. The summed E-state index contributed by atoms with van der Waals surface area (Å²) in [6, 6.07) is 6.20. The molecule has 0 spiro atoms. The molecule has 3 heteroatoms. The molecule has 1 N–H and O–H groups in total. The van der Waals surface area contributed by atoms with E-state index in [4.69, 9.17) is 4.74 Å². The van der Waals surface area contributed by atoms with E-state index in [1.54, 1.807) is 12.1 Å². The van der Waals surface area contributed by atoms with Crippen LogP contribution in [-0.2, 0) is 4.74 Å². The van der Waals surface area contributed by atoms with Gasteiger partial charge in [-0.15, -0.1) is 0 Å². The summed E-state index contributed by atoms with van der Waals surface area (Å²) in [4.78, 5) is 12.1. The van der Waals surface area contributed by atoms with Crippen molar-refractivity contribution in [2.75, 3.05) is 0 Å². The lowest BCUT2D eigenvalue weighted by atomic mass is 9.92. The molecule has 0 aliphatic carbocycles. The summed E-state index contributed by atoms with van der Waals surface area (Å²) >= 11 is 0. The van der Waals surface area contributed by atoms with Crippen molar-refractivity contribution < 1.29 is 14.6 Å². The number of hydrogen-bond donors (Lipinski definition) is 1. The lowest BCUT2D eigenvalue weighted by Crippen LogP contribution is -2.26. The quantitative estimate of drug-likeness (QED) is 0.710. The molecule has 2 unspecified atom stereocenters. The van der Waals surface area contributed by atoms with E-state index in [-0.39, 0.29) is 17.8 Å². The van der Waals surface area contributed by atoms with Crippen LogP contribution in [0.5, 0.6) is 5.75 Å². The molecule has 0 saturated carbocycles. The Morgan fingerprint density at radius 3 is 2.30 bits per heavy atom. The fraction of sp³-hybridized carbons (Fsp3) is 0.588. The second-order valence-corrected chi connectivity index (χ2v) is 5.21. The predicted octanol–water partition coefficient (Wildman–Crippen LogP) is 4.54. The summed E-state index contributed by atoms with van der Waals surface area (Å²) in [6.07, 6.45) is 5.29. The third-order valence-corrected chi connectivity index (χ3v) is 3.74. The van der Waals surface area contributed by atoms with Crippen LogP contribution in [0.4, 0.5) is 0 Å². The number of unbranched alkanes of at least 4 members (excludes halogenated alkanes) is 1. The zero-order chi connectivity index (χ0) is 15.0. The van der Waals surface area contributed by atoms with Crippen LogP contribution in [0, 0.1) is 5.92 Å². The molecular formula is C17H26O3. The summed E-state index contributed by atoms with van der Waals surface area (Å²) in [5.41, 5.74) is 0.492. The minimum atomic E-state index is -0.299. The average molecular weight is 278 g/mol. The monoisotopic (exact) mass is 278 g/mol. The SMILES string of the molecule is CCCCC(CC)C(CC)OC(=O)c1ccc(O)cc1. The van der Waals surface area contributed by atoms with Crippen LogP contribution in [0.2, 0.25) is 0 Å². The maximum absolute atomic E-state index is 12.1. The van der Waals surface area contributed by atoms with E-state index in [0.717, 1.165) is 19.3 Å². The number of rotatable bonds is 8. The lowest BCUT2D eigenvalue weighted by Gasteiger charge is -2.25. The van der Waals surface area contributed by atoms with Gasteiger partial charge in [-0.3, -0.25) is 0 Å². The molecule has 1 aromatic carbocycles. The Morgan fingerprint density at radius 2 is 1.80 bits per heavy atom. The van der Waals surface area contributed by atoms with Crippen LogP contribution >= 0.6 is 0 Å². The number of ether oxygens (including phenoxy) is 1. The predicted molar refractivity (Wildman–Crippen MR) is 80.9 cm³/mol. The fourth-order valence-corrected chi connectivity index (χ4v) is 2.44. The number of carbonyl (C=O) groups excluding carboxylic acids is 1. The normalized spacial score (nSPS) is 13.8. The average Bonchev–Trinajstić information content (AvgIpc) is 2.47. The van der Waals surface area contributed by atoms with Crippen molar-refractivity contribution in [3.05, 3.63) is 29.8 Å². The molecular weight excluding hydrogens is 252 g/mol. The zero-order valence-corrected chi connectivity index (χ0v) is 12.8. The zero-order valence-electron chi connectivity index (χ0n) is 12.8. The standard InChI is InChI=1S/C17H26O3/c1-4-7-8-13(5-2)16(6-3)20-17(19)14-9-11-15(18)12-10-14/h9-13,16,18H,4-8H2,1-3H3. The van der Waals surface area contributed by atoms with Crippen LogP contribution in [0.25, 0.3) is 0 Å². The number of carbonyl (C=O) groups is 1. The van der Waals surface area contributed by atoms with Gasteiger partial charge in [0, 0.05) is 0 Å². The van der Waals surface area contributed by atoms with Crippen molar-refractivity contribution in [2.45, 2.75) is 59.0 Å². The molecule has 0 heterocycles. The molecule has 20 heavy (non-hydrogen) atoms. The van der Waals surface area contributed by atoms with Gasteiger partial charge in [-0.25, -0.2) is 4.79 Å². The molecule has 3 nitrogen and oxygen atoms in total. The third kappa shape index (κ3) is 4.87. The number of phenols is 1. The highest BCUT2D eigenvalue weighted by molar-refractivity contribution is 5.89. The molecule has 0 aliphatic rings. The summed E-state index contributed by atoms with van der Waals surface area (Å²) < 4.78 is 5.66. The van der Waals surface area contributed by atoms with E-state index in [1.807, 2.05) is 0 Å². The van der Waals surface area contributed by atoms with Gasteiger partial charge in [0.2, 0.25) is 0 Å². The third-order valence-electron chi connectivity index (χ3n) is 3.74. The first-order valence-electron chi connectivity index (χ1n) is 7.62. The molecule has 0 fully saturated rings. The van der Waals surface area contributed by atoms with Gasteiger partial charge >= 0.3 is 5.97 Å². The Bertz CT molecular complexity index is 397. The summed E-state index contributed by atoms with van der Waals surface area (Å²) in [5.74, 6) is 0.288. The van der Waals surface area contributed by atoms with Gasteiger partial charge in [0.15, 0.2) is 0 Å². The van der Waals surface area contributed by atoms with Crippen molar-refractivity contribution in [3.8, 4) is 5.75 Å². The van der Waals surface area contributed by atoms with Gasteiger partial charge in [0.25, 0.3) is 0 Å². The lowest BCUT2D eigenvalue weighted by molar-refractivity contribution is 0.0102. The first-order valence-corrected chi connectivity index (χ1v) is 7.62. The van der Waals surface area contributed by atoms with Crippen molar-refractivity contribution in [2.24, 2.45) is 5.92 Å². The van der Waals surface area contributed by atoms with Gasteiger partial charge < -0.3 is 9.84 Å². The highest BCUT2D eigenvalue weighted by atomic mass is 16.5. The summed E-state index contributed by atoms with van der Waals surface area (Å²) in [6.45, 7) is 6.39. The van der Waals surface area contributed by atoms with E-state index in [2.05, 4.69) is 20.8 Å². The molecule has 0 aliphatic heterocycles. The van der Waals surface area contributed by atoms with Crippen LogP contribution < -0.4 is 0 Å². The largest absolute Gasteiger partial charge is 0.508 e. The number of aromatic hydroxyl groups is 1. The Balaban J connectivity index is 2.66. The second-order valence-electron chi connectivity index (χ2n) is 5.21. The van der Waals surface area contributed by atoms with E-state index >= 15 is 0 Å². The molecule has 0 amide bonds. The van der Waals surface area contributed by atoms with Gasteiger partial charge in [0.1, 0.15) is 11.9 Å². The molecule has 112 valence electrons. The molecule has 0 aromatic heterocycles. The van der Waals surface area contributed by atoms with Crippen molar-refractivity contribution in [1.82, 2.24) is 0 Å². The van der Waals surface area contributed by atoms with Crippen LogP contribution in [0.1, 0.15) is 63.2 Å². The number of hydrogen-bond acceptors (Lipinski definition) is 3. The number of benzene rings is 1. The van der Waals surface area contributed by atoms with E-state index in [9.17, 15) is 9.90 Å². The van der Waals surface area contributed by atoms with Crippen molar-refractivity contribution >= 4 is 5.97 Å². The minimum Gasteiger partial charge on any atom is -0.508 e. The highest BCUT2D eigenvalue weighted by Gasteiger charge is 2.22. The van der Waals surface area contributed by atoms with Crippen LogP contribution in [-0.4, -0.2) is 17.2 Å². The molecule has 2 atom stereocenters. The Labute approximate surface area is 122 Å². The Kier molecular flexibility index (Phi) is 7.13. The van der Waals surface area contributed by atoms with Gasteiger partial charge in [-0.05, 0) is 49.4 Å². The summed E-state index contributed by atoms with van der Waals surface area (Å²) in [7, 11) is 0. The summed E-state index contributed by atoms with van der Waals surface area (Å²) in [5, 5.41) is 9.24. The highest BCUT2D eigenvalue weighted by Crippen LogP contribution is 2.23. The molecule has 0 saturated heterocycles. The van der Waals surface area contributed by atoms with Crippen molar-refractivity contribution in [3.63, 3.8) is 0 Å². The fourth-order valence-electron chi connectivity index (χ4n) is 2.44. The maximum atomic E-state index is 12.1. The van der Waals surface area contributed by atoms with E-state index < -0.39 is 0 Å². The van der Waals surface area contributed by atoms with E-state index in [0.29, 0.717) is 11.5 Å². The van der Waals surface area contributed by atoms with Gasteiger partial charge in [-0.1, -0.05) is 33.6 Å². The minimum absolute atomic E-state index is 0.0205. The number of esters is 1. The Morgan fingerprint density at radius 1 is 1.15 bits per heavy atom. The van der Waals surface area contributed by atoms with Crippen molar-refractivity contribution in [1.29, 1.82) is 0 Å².